The molecule has 0 saturated carbocycles. The molecule has 0 heterocycles. The second kappa shape index (κ2) is 3.66. The van der Waals surface area contributed by atoms with E-state index in [-0.39, 0.29) is 12.5 Å². The first-order chi connectivity index (χ1) is 6.07. The van der Waals surface area contributed by atoms with Crippen LogP contribution >= 0.6 is 0 Å². The molecule has 2 N–H and O–H groups in total. The summed E-state index contributed by atoms with van der Waals surface area (Å²) < 4.78 is 38.0. The molecule has 0 spiro atoms. The molecule has 1 aromatic carbocycles. The summed E-state index contributed by atoms with van der Waals surface area (Å²) in [5, 5.41) is 17.4. The number of aliphatic hydroxyl groups is 1. The van der Waals surface area contributed by atoms with E-state index in [9.17, 15) is 13.2 Å². The summed E-state index contributed by atoms with van der Waals surface area (Å²) in [6, 6.07) is 0.255. The van der Waals surface area contributed by atoms with Gasteiger partial charge in [-0.15, -0.1) is 0 Å². The van der Waals surface area contributed by atoms with Crippen LogP contribution in [0, 0.1) is 17.5 Å². The van der Waals surface area contributed by atoms with Gasteiger partial charge in [0.2, 0.25) is 0 Å². The molecule has 13 heavy (non-hydrogen) atoms. The minimum absolute atomic E-state index is 0.255. The topological polar surface area (TPSA) is 40.5 Å². The second-order valence-electron chi connectivity index (χ2n) is 2.45. The van der Waals surface area contributed by atoms with Crippen molar-refractivity contribution in [2.45, 2.75) is 6.42 Å². The molecule has 0 fully saturated rings. The molecule has 2 nitrogen and oxygen atoms in total. The van der Waals surface area contributed by atoms with E-state index in [4.69, 9.17) is 10.2 Å². The summed E-state index contributed by atoms with van der Waals surface area (Å²) in [7, 11) is 0. The molecule has 0 saturated heterocycles. The third-order valence-corrected chi connectivity index (χ3v) is 1.60. The van der Waals surface area contributed by atoms with Gasteiger partial charge in [0.1, 0.15) is 0 Å². The minimum Gasteiger partial charge on any atom is -0.505 e. The van der Waals surface area contributed by atoms with Crippen LogP contribution in [0.2, 0.25) is 0 Å². The number of phenols is 1. The summed E-state index contributed by atoms with van der Waals surface area (Å²) in [6.45, 7) is -0.493. The van der Waals surface area contributed by atoms with Crippen molar-refractivity contribution >= 4 is 0 Å². The van der Waals surface area contributed by atoms with Crippen LogP contribution in [0.5, 0.6) is 5.75 Å². The first kappa shape index (κ1) is 9.85. The average molecular weight is 192 g/mol. The van der Waals surface area contributed by atoms with Crippen LogP contribution in [0.15, 0.2) is 6.07 Å². The fraction of sp³-hybridized carbons (Fsp3) is 0.250. The molecule has 1 rings (SSSR count). The third-order valence-electron chi connectivity index (χ3n) is 1.60. The van der Waals surface area contributed by atoms with Gasteiger partial charge in [-0.1, -0.05) is 0 Å². The van der Waals surface area contributed by atoms with Gasteiger partial charge in [0, 0.05) is 24.7 Å². The van der Waals surface area contributed by atoms with Gasteiger partial charge in [-0.25, -0.2) is 13.2 Å². The molecule has 0 unspecified atom stereocenters. The van der Waals surface area contributed by atoms with E-state index in [1.165, 1.54) is 0 Å². The van der Waals surface area contributed by atoms with Crippen molar-refractivity contribution in [2.75, 3.05) is 6.61 Å². The lowest BCUT2D eigenvalue weighted by molar-refractivity contribution is 0.292. The maximum Gasteiger partial charge on any atom is 0.168 e. The highest BCUT2D eigenvalue weighted by atomic mass is 19.2. The van der Waals surface area contributed by atoms with Crippen LogP contribution in [0.4, 0.5) is 13.2 Å². The van der Waals surface area contributed by atoms with Crippen LogP contribution in [0.3, 0.4) is 0 Å². The van der Waals surface area contributed by atoms with Crippen molar-refractivity contribution in [1.82, 2.24) is 0 Å². The van der Waals surface area contributed by atoms with Gasteiger partial charge < -0.3 is 10.2 Å². The molecule has 0 amide bonds. The van der Waals surface area contributed by atoms with E-state index in [1.54, 1.807) is 0 Å². The number of phenolic OH excluding ortho intramolecular Hbond substituents is 1. The number of aromatic hydroxyl groups is 1. The van der Waals surface area contributed by atoms with Crippen molar-refractivity contribution in [1.29, 1.82) is 0 Å². The molecule has 1 aromatic rings. The molecule has 0 aliphatic rings. The predicted octanol–water partition coefficient (Wildman–Crippen LogP) is 1.34. The Hall–Kier alpha value is -1.23. The maximum atomic E-state index is 12.8. The van der Waals surface area contributed by atoms with Gasteiger partial charge >= 0.3 is 0 Å². The van der Waals surface area contributed by atoms with Crippen molar-refractivity contribution in [2.24, 2.45) is 0 Å². The quantitative estimate of drug-likeness (QED) is 0.694. The molecule has 72 valence electrons. The van der Waals surface area contributed by atoms with Crippen LogP contribution in [0.25, 0.3) is 0 Å². The fourth-order valence-electron chi connectivity index (χ4n) is 0.975. The zero-order valence-corrected chi connectivity index (χ0v) is 6.52. The molecular weight excluding hydrogens is 185 g/mol. The van der Waals surface area contributed by atoms with Crippen molar-refractivity contribution in [3.63, 3.8) is 0 Å². The molecule has 0 aromatic heterocycles. The van der Waals surface area contributed by atoms with E-state index < -0.39 is 35.4 Å². The molecule has 5 heteroatoms. The van der Waals surface area contributed by atoms with Gasteiger partial charge in [0.15, 0.2) is 23.2 Å². The Morgan fingerprint density at radius 3 is 2.31 bits per heavy atom. The molecule has 0 bridgehead atoms. The van der Waals surface area contributed by atoms with Crippen LogP contribution in [-0.4, -0.2) is 16.8 Å². The first-order valence-corrected chi connectivity index (χ1v) is 3.54. The smallest absolute Gasteiger partial charge is 0.168 e. The van der Waals surface area contributed by atoms with E-state index in [2.05, 4.69) is 0 Å². The third kappa shape index (κ3) is 1.75. The average Bonchev–Trinajstić information content (AvgIpc) is 2.09. The monoisotopic (exact) mass is 192 g/mol. The lowest BCUT2D eigenvalue weighted by Crippen LogP contribution is -2.00. The number of hydrogen-bond acceptors (Lipinski definition) is 2. The summed E-state index contributed by atoms with van der Waals surface area (Å²) in [6.07, 6.45) is -0.327. The Labute approximate surface area is 72.2 Å². The van der Waals surface area contributed by atoms with E-state index in [0.29, 0.717) is 0 Å². The Kier molecular flexibility index (Phi) is 2.77. The molecule has 0 aliphatic carbocycles. The summed E-state index contributed by atoms with van der Waals surface area (Å²) in [5.74, 6) is -4.89. The van der Waals surface area contributed by atoms with E-state index in [1.807, 2.05) is 0 Å². The number of rotatable bonds is 2. The number of aliphatic hydroxyl groups excluding tert-OH is 1. The highest BCUT2D eigenvalue weighted by Gasteiger charge is 2.17. The maximum absolute atomic E-state index is 12.8. The summed E-state index contributed by atoms with van der Waals surface area (Å²) in [5.41, 5.74) is -0.542. The zero-order chi connectivity index (χ0) is 10.0. The molecular formula is C8H7F3O2. The largest absolute Gasteiger partial charge is 0.505 e. The van der Waals surface area contributed by atoms with Crippen LogP contribution in [0.1, 0.15) is 5.56 Å². The normalized spacial score (nSPS) is 10.5. The van der Waals surface area contributed by atoms with E-state index in [0.717, 1.165) is 0 Å². The van der Waals surface area contributed by atoms with Crippen molar-refractivity contribution in [3.8, 4) is 5.75 Å². The number of benzene rings is 1. The van der Waals surface area contributed by atoms with Crippen molar-refractivity contribution in [3.05, 3.63) is 29.1 Å². The number of hydrogen-bond donors (Lipinski definition) is 2. The Bertz CT molecular complexity index is 299. The lowest BCUT2D eigenvalue weighted by Gasteiger charge is -2.05. The molecule has 0 atom stereocenters. The predicted molar refractivity (Wildman–Crippen MR) is 38.8 cm³/mol. The Morgan fingerprint density at radius 2 is 1.77 bits per heavy atom. The second-order valence-corrected chi connectivity index (χ2v) is 2.45. The number of halogens is 3. The first-order valence-electron chi connectivity index (χ1n) is 3.54. The molecule has 0 aliphatic heterocycles. The highest BCUT2D eigenvalue weighted by molar-refractivity contribution is 5.35. The highest BCUT2D eigenvalue weighted by Crippen LogP contribution is 2.26. The van der Waals surface area contributed by atoms with Gasteiger partial charge in [-0.2, -0.15) is 0 Å². The van der Waals surface area contributed by atoms with Gasteiger partial charge in [0.25, 0.3) is 0 Å². The van der Waals surface area contributed by atoms with Crippen molar-refractivity contribution < 1.29 is 23.4 Å². The summed E-state index contributed by atoms with van der Waals surface area (Å²) >= 11 is 0. The van der Waals surface area contributed by atoms with Crippen LogP contribution < -0.4 is 0 Å². The Morgan fingerprint density at radius 1 is 1.15 bits per heavy atom. The van der Waals surface area contributed by atoms with Gasteiger partial charge in [0.05, 0.1) is 0 Å². The standard InChI is InChI=1S/C8H7F3O2/c9-5-3-6(10)8(13)4(1-2-12)7(5)11/h3,12-13H,1-2H2. The fourth-order valence-corrected chi connectivity index (χ4v) is 0.975. The molecule has 0 radical (unpaired) electrons. The summed E-state index contributed by atoms with van der Waals surface area (Å²) in [4.78, 5) is 0. The van der Waals surface area contributed by atoms with Gasteiger partial charge in [-0.3, -0.25) is 0 Å². The van der Waals surface area contributed by atoms with Gasteiger partial charge in [-0.05, 0) is 0 Å². The zero-order valence-electron chi connectivity index (χ0n) is 6.52. The minimum atomic E-state index is -1.38. The van der Waals surface area contributed by atoms with E-state index >= 15 is 0 Å². The van der Waals surface area contributed by atoms with Crippen LogP contribution in [-0.2, 0) is 6.42 Å². The lowest BCUT2D eigenvalue weighted by atomic mass is 10.1. The SMILES string of the molecule is OCCc1c(O)c(F)cc(F)c1F. The Balaban J connectivity index is 3.28.